The van der Waals surface area contributed by atoms with Crippen LogP contribution < -0.4 is 0 Å². The van der Waals surface area contributed by atoms with Crippen LogP contribution >= 0.6 is 0 Å². The first-order valence-electron chi connectivity index (χ1n) is 4.25. The number of nitrogens with zero attached hydrogens (tertiary/aromatic N) is 1. The van der Waals surface area contributed by atoms with Gasteiger partial charge in [0.1, 0.15) is 6.07 Å². The van der Waals surface area contributed by atoms with Gasteiger partial charge >= 0.3 is 0 Å². The Balaban J connectivity index is 2.79. The number of hydrogen-bond donors (Lipinski definition) is 0. The molecule has 0 aromatic heterocycles. The van der Waals surface area contributed by atoms with Gasteiger partial charge in [-0.05, 0) is 16.8 Å². The second-order valence-electron chi connectivity index (χ2n) is 2.97. The topological polar surface area (TPSA) is 40.9 Å². The minimum atomic E-state index is -0.484. The number of carbonyl (C=O) groups excluding carboxylic acids is 1. The lowest BCUT2D eigenvalue weighted by atomic mass is 10.0. The maximum Gasteiger partial charge on any atom is 0.262 e. The lowest BCUT2D eigenvalue weighted by Gasteiger charge is -2.00. The van der Waals surface area contributed by atoms with Crippen molar-refractivity contribution in [1.82, 2.24) is 0 Å². The molecule has 0 spiro atoms. The second-order valence-corrected chi connectivity index (χ2v) is 2.97. The summed E-state index contributed by atoms with van der Waals surface area (Å²) in [7, 11) is 0. The molecule has 0 amide bonds. The Kier molecular flexibility index (Phi) is 2.00. The van der Waals surface area contributed by atoms with Crippen molar-refractivity contribution in [2.24, 2.45) is 0 Å². The Labute approximate surface area is 81.4 Å². The van der Waals surface area contributed by atoms with Crippen LogP contribution in [0.1, 0.15) is 10.4 Å². The average molecular weight is 181 g/mol. The zero-order valence-corrected chi connectivity index (χ0v) is 7.40. The first-order valence-corrected chi connectivity index (χ1v) is 4.25. The molecule has 2 heteroatoms. The molecule has 2 rings (SSSR count). The molecule has 0 N–H and O–H groups in total. The van der Waals surface area contributed by atoms with E-state index in [2.05, 4.69) is 0 Å². The molecule has 0 saturated heterocycles. The number of hydrogen-bond acceptors (Lipinski definition) is 2. The number of Topliss-reactive ketones (excluding diaryl/α,β-unsaturated/α-hetero) is 1. The summed E-state index contributed by atoms with van der Waals surface area (Å²) >= 11 is 0. The predicted octanol–water partition coefficient (Wildman–Crippen LogP) is 2.55. The number of ketones is 1. The third-order valence-electron chi connectivity index (χ3n) is 2.14. The summed E-state index contributed by atoms with van der Waals surface area (Å²) in [5, 5.41) is 10.4. The van der Waals surface area contributed by atoms with E-state index in [4.69, 9.17) is 5.26 Å². The molecule has 2 aromatic rings. The van der Waals surface area contributed by atoms with Crippen LogP contribution in [-0.2, 0) is 0 Å². The van der Waals surface area contributed by atoms with Gasteiger partial charge in [-0.25, -0.2) is 0 Å². The van der Waals surface area contributed by atoms with Gasteiger partial charge in [-0.2, -0.15) is 5.26 Å². The largest absolute Gasteiger partial charge is 0.277 e. The van der Waals surface area contributed by atoms with E-state index in [0.717, 1.165) is 10.8 Å². The van der Waals surface area contributed by atoms with Gasteiger partial charge in [-0.3, -0.25) is 4.79 Å². The van der Waals surface area contributed by atoms with Gasteiger partial charge in [0.2, 0.25) is 0 Å². The second kappa shape index (κ2) is 3.31. The fraction of sp³-hybridized carbons (Fsp3) is 0. The van der Waals surface area contributed by atoms with E-state index in [0.29, 0.717) is 5.56 Å². The highest BCUT2D eigenvalue weighted by molar-refractivity contribution is 6.15. The Morgan fingerprint density at radius 1 is 1.07 bits per heavy atom. The number of nitriles is 1. The Morgan fingerprint density at radius 2 is 1.79 bits per heavy atom. The van der Waals surface area contributed by atoms with E-state index in [1.165, 1.54) is 0 Å². The van der Waals surface area contributed by atoms with Gasteiger partial charge < -0.3 is 0 Å². The van der Waals surface area contributed by atoms with Gasteiger partial charge in [0.15, 0.2) is 0 Å². The van der Waals surface area contributed by atoms with Crippen LogP contribution in [0.15, 0.2) is 42.5 Å². The number of rotatable bonds is 1. The molecule has 0 unspecified atom stereocenters. The van der Waals surface area contributed by atoms with Crippen molar-refractivity contribution in [1.29, 1.82) is 5.26 Å². The number of carbonyl (C=O) groups is 1. The first kappa shape index (κ1) is 8.46. The van der Waals surface area contributed by atoms with E-state index in [9.17, 15) is 4.79 Å². The normalized spacial score (nSPS) is 9.64. The molecule has 0 fully saturated rings. The lowest BCUT2D eigenvalue weighted by Crippen LogP contribution is -1.95. The summed E-state index contributed by atoms with van der Waals surface area (Å²) in [5.41, 5.74) is 0.477. The van der Waals surface area contributed by atoms with Gasteiger partial charge in [0.05, 0.1) is 0 Å². The highest BCUT2D eigenvalue weighted by Gasteiger charge is 2.07. The van der Waals surface area contributed by atoms with Crippen LogP contribution in [0.3, 0.4) is 0 Å². The minimum Gasteiger partial charge on any atom is -0.277 e. The summed E-state index contributed by atoms with van der Waals surface area (Å²) < 4.78 is 0. The summed E-state index contributed by atoms with van der Waals surface area (Å²) in [6.45, 7) is 0. The molecule has 0 aliphatic rings. The molecule has 0 atom stereocenters. The molecular weight excluding hydrogens is 174 g/mol. The van der Waals surface area contributed by atoms with Crippen molar-refractivity contribution < 1.29 is 4.79 Å². The average Bonchev–Trinajstić information content (AvgIpc) is 2.27. The van der Waals surface area contributed by atoms with Crippen molar-refractivity contribution in [2.45, 2.75) is 0 Å². The van der Waals surface area contributed by atoms with Gasteiger partial charge in [-0.15, -0.1) is 0 Å². The summed E-state index contributed by atoms with van der Waals surface area (Å²) in [4.78, 5) is 11.3. The molecule has 0 aliphatic heterocycles. The van der Waals surface area contributed by atoms with Crippen LogP contribution in [0.25, 0.3) is 10.8 Å². The van der Waals surface area contributed by atoms with Crippen molar-refractivity contribution in [2.75, 3.05) is 0 Å². The van der Waals surface area contributed by atoms with Crippen molar-refractivity contribution in [3.05, 3.63) is 48.0 Å². The van der Waals surface area contributed by atoms with Crippen molar-refractivity contribution in [3.8, 4) is 6.07 Å². The quantitative estimate of drug-likeness (QED) is 0.501. The Bertz CT molecular complexity index is 532. The minimum absolute atomic E-state index is 0.477. The molecule has 2 nitrogen and oxygen atoms in total. The fourth-order valence-electron chi connectivity index (χ4n) is 1.48. The summed E-state index contributed by atoms with van der Waals surface area (Å²) in [5.74, 6) is -0.484. The van der Waals surface area contributed by atoms with Gasteiger partial charge in [-0.1, -0.05) is 36.4 Å². The van der Waals surface area contributed by atoms with E-state index in [1.807, 2.05) is 30.3 Å². The predicted molar refractivity (Wildman–Crippen MR) is 53.9 cm³/mol. The standard InChI is InChI=1S/C12H7NO/c13-8-12(14)11-7-3-5-9-4-1-2-6-10(9)11/h1-7H. The van der Waals surface area contributed by atoms with Crippen LogP contribution in [0, 0.1) is 11.3 Å². The van der Waals surface area contributed by atoms with Crippen molar-refractivity contribution >= 4 is 16.6 Å². The molecule has 0 saturated carbocycles. The van der Waals surface area contributed by atoms with Crippen LogP contribution in [0.4, 0.5) is 0 Å². The van der Waals surface area contributed by atoms with E-state index in [-0.39, 0.29) is 0 Å². The van der Waals surface area contributed by atoms with Gasteiger partial charge in [0, 0.05) is 5.56 Å². The van der Waals surface area contributed by atoms with Crippen molar-refractivity contribution in [3.63, 3.8) is 0 Å². The summed E-state index contributed by atoms with van der Waals surface area (Å²) in [6.07, 6.45) is 0. The fourth-order valence-corrected chi connectivity index (χ4v) is 1.48. The zero-order chi connectivity index (χ0) is 9.97. The van der Waals surface area contributed by atoms with E-state index >= 15 is 0 Å². The molecule has 0 radical (unpaired) electrons. The smallest absolute Gasteiger partial charge is 0.262 e. The van der Waals surface area contributed by atoms with Crippen LogP contribution in [0.5, 0.6) is 0 Å². The summed E-state index contributed by atoms with van der Waals surface area (Å²) in [6, 6.07) is 14.5. The first-order chi connectivity index (χ1) is 6.83. The van der Waals surface area contributed by atoms with E-state index < -0.39 is 5.78 Å². The molecule has 0 aliphatic carbocycles. The van der Waals surface area contributed by atoms with Crippen LogP contribution in [-0.4, -0.2) is 5.78 Å². The maximum atomic E-state index is 11.3. The maximum absolute atomic E-state index is 11.3. The third-order valence-corrected chi connectivity index (χ3v) is 2.14. The molecule has 2 aromatic carbocycles. The van der Waals surface area contributed by atoms with Gasteiger partial charge in [0.25, 0.3) is 5.78 Å². The molecule has 0 bridgehead atoms. The zero-order valence-electron chi connectivity index (χ0n) is 7.40. The number of benzene rings is 2. The molecule has 0 heterocycles. The SMILES string of the molecule is N#CC(=O)c1cccc2ccccc12. The highest BCUT2D eigenvalue weighted by atomic mass is 16.1. The molecular formula is C12H7NO. The van der Waals surface area contributed by atoms with E-state index in [1.54, 1.807) is 18.2 Å². The number of fused-ring (bicyclic) bond motifs is 1. The monoisotopic (exact) mass is 181 g/mol. The highest BCUT2D eigenvalue weighted by Crippen LogP contribution is 2.18. The Morgan fingerprint density at radius 3 is 2.57 bits per heavy atom. The third kappa shape index (κ3) is 1.25. The Hall–Kier alpha value is -2.14. The molecule has 14 heavy (non-hydrogen) atoms. The van der Waals surface area contributed by atoms with Crippen LogP contribution in [0.2, 0.25) is 0 Å². The molecule has 66 valence electrons. The lowest BCUT2D eigenvalue weighted by molar-refractivity contribution is 0.105.